The second kappa shape index (κ2) is 12.3. The Labute approximate surface area is 258 Å². The van der Waals surface area contributed by atoms with E-state index in [-0.39, 0.29) is 32.3 Å². The SMILES string of the molecule is COc1ccc(S(=O)(=O)Nc2cccc(-c3ccsc3C(=O)OC(=O)C(F)(F)F)c2)c(Oc2ccc3cc(C#N)ccc3c2)c1. The molecule has 4 aromatic carbocycles. The number of nitrogens with one attached hydrogen (secondary N) is 1. The number of esters is 2. The fourth-order valence-electron chi connectivity index (χ4n) is 4.24. The number of hydrogen-bond acceptors (Lipinski definition) is 9. The van der Waals surface area contributed by atoms with Gasteiger partial charge >= 0.3 is 18.1 Å². The summed E-state index contributed by atoms with van der Waals surface area (Å²) in [5, 5.41) is 12.1. The van der Waals surface area contributed by atoms with Crippen molar-refractivity contribution in [1.82, 2.24) is 0 Å². The smallest absolute Gasteiger partial charge is 0.491 e. The van der Waals surface area contributed by atoms with Crippen LogP contribution in [-0.2, 0) is 19.6 Å². The van der Waals surface area contributed by atoms with Gasteiger partial charge in [0.2, 0.25) is 0 Å². The number of carbonyl (C=O) groups is 2. The van der Waals surface area contributed by atoms with E-state index in [1.807, 2.05) is 0 Å². The molecular weight excluding hydrogens is 633 g/mol. The molecule has 0 amide bonds. The molecule has 0 aliphatic rings. The van der Waals surface area contributed by atoms with Crippen LogP contribution >= 0.6 is 11.3 Å². The largest absolute Gasteiger partial charge is 0.497 e. The van der Waals surface area contributed by atoms with Crippen molar-refractivity contribution >= 4 is 49.8 Å². The van der Waals surface area contributed by atoms with Gasteiger partial charge in [-0.3, -0.25) is 4.72 Å². The van der Waals surface area contributed by atoms with Crippen molar-refractivity contribution in [3.63, 3.8) is 0 Å². The number of rotatable bonds is 8. The van der Waals surface area contributed by atoms with Crippen LogP contribution in [0.5, 0.6) is 17.2 Å². The lowest BCUT2D eigenvalue weighted by atomic mass is 10.1. The van der Waals surface area contributed by atoms with Crippen molar-refractivity contribution in [1.29, 1.82) is 5.26 Å². The van der Waals surface area contributed by atoms with Gasteiger partial charge in [0.1, 0.15) is 21.3 Å². The van der Waals surface area contributed by atoms with E-state index in [4.69, 9.17) is 14.7 Å². The fourth-order valence-corrected chi connectivity index (χ4v) is 6.20. The first-order valence-electron chi connectivity index (χ1n) is 12.7. The molecule has 5 rings (SSSR count). The van der Waals surface area contributed by atoms with Gasteiger partial charge in [0, 0.05) is 17.3 Å². The molecule has 1 N–H and O–H groups in total. The average molecular weight is 653 g/mol. The van der Waals surface area contributed by atoms with E-state index in [1.54, 1.807) is 36.4 Å². The van der Waals surface area contributed by atoms with Gasteiger partial charge in [0.05, 0.1) is 18.7 Å². The molecule has 0 bridgehead atoms. The van der Waals surface area contributed by atoms with Crippen LogP contribution in [0.3, 0.4) is 0 Å². The van der Waals surface area contributed by atoms with Crippen LogP contribution in [0.4, 0.5) is 18.9 Å². The summed E-state index contributed by atoms with van der Waals surface area (Å²) >= 11 is 0.754. The van der Waals surface area contributed by atoms with E-state index in [1.165, 1.54) is 61.0 Å². The van der Waals surface area contributed by atoms with E-state index in [9.17, 15) is 31.2 Å². The minimum atomic E-state index is -5.36. The fraction of sp³-hybridized carbons (Fsp3) is 0.0645. The molecule has 228 valence electrons. The maximum atomic E-state index is 13.6. The van der Waals surface area contributed by atoms with Gasteiger partial charge in [0.25, 0.3) is 10.0 Å². The summed E-state index contributed by atoms with van der Waals surface area (Å²) in [6.07, 6.45) is -5.36. The van der Waals surface area contributed by atoms with E-state index in [2.05, 4.69) is 15.5 Å². The number of thiophene rings is 1. The predicted octanol–water partition coefficient (Wildman–Crippen LogP) is 7.29. The molecule has 14 heteroatoms. The maximum Gasteiger partial charge on any atom is 0.491 e. The van der Waals surface area contributed by atoms with E-state index in [0.29, 0.717) is 17.1 Å². The normalized spacial score (nSPS) is 11.4. The Morgan fingerprint density at radius 2 is 1.64 bits per heavy atom. The highest BCUT2D eigenvalue weighted by Crippen LogP contribution is 2.36. The molecule has 0 atom stereocenters. The Morgan fingerprint density at radius 1 is 0.911 bits per heavy atom. The summed E-state index contributed by atoms with van der Waals surface area (Å²) in [4.78, 5) is 23.0. The number of sulfonamides is 1. The number of nitriles is 1. The minimum Gasteiger partial charge on any atom is -0.497 e. The molecule has 0 aliphatic heterocycles. The molecule has 0 unspecified atom stereocenters. The first-order chi connectivity index (χ1) is 21.4. The molecule has 0 saturated carbocycles. The van der Waals surface area contributed by atoms with Crippen molar-refractivity contribution in [2.45, 2.75) is 11.1 Å². The van der Waals surface area contributed by atoms with Gasteiger partial charge in [-0.1, -0.05) is 24.3 Å². The van der Waals surface area contributed by atoms with E-state index >= 15 is 0 Å². The first-order valence-corrected chi connectivity index (χ1v) is 15.1. The zero-order valence-electron chi connectivity index (χ0n) is 22.9. The third kappa shape index (κ3) is 6.90. The zero-order valence-corrected chi connectivity index (χ0v) is 24.5. The lowest BCUT2D eigenvalue weighted by Crippen LogP contribution is -2.27. The van der Waals surface area contributed by atoms with Crippen LogP contribution in [0.1, 0.15) is 15.2 Å². The second-order valence-corrected chi connectivity index (χ2v) is 11.8. The molecule has 0 fully saturated rings. The highest BCUT2D eigenvalue weighted by molar-refractivity contribution is 7.92. The Hall–Kier alpha value is -5.39. The number of alkyl halides is 3. The van der Waals surface area contributed by atoms with Gasteiger partial charge in [-0.05, 0) is 76.3 Å². The second-order valence-electron chi connectivity index (χ2n) is 9.27. The van der Waals surface area contributed by atoms with Crippen LogP contribution in [0.25, 0.3) is 21.9 Å². The number of benzene rings is 4. The predicted molar refractivity (Wildman–Crippen MR) is 159 cm³/mol. The number of ether oxygens (including phenoxy) is 3. The molecule has 0 aliphatic carbocycles. The summed E-state index contributed by atoms with van der Waals surface area (Å²) < 4.78 is 82.7. The summed E-state index contributed by atoms with van der Waals surface area (Å²) in [5.41, 5.74) is 0.946. The highest BCUT2D eigenvalue weighted by atomic mass is 32.2. The average Bonchev–Trinajstić information content (AvgIpc) is 3.50. The zero-order chi connectivity index (χ0) is 32.4. The Bertz CT molecular complexity index is 2100. The van der Waals surface area contributed by atoms with Crippen molar-refractivity contribution < 1.29 is 45.4 Å². The number of methoxy groups -OCH3 is 1. The van der Waals surface area contributed by atoms with Gasteiger partial charge in [-0.25, -0.2) is 18.0 Å². The number of hydrogen-bond donors (Lipinski definition) is 1. The van der Waals surface area contributed by atoms with E-state index in [0.717, 1.165) is 22.1 Å². The van der Waals surface area contributed by atoms with Crippen LogP contribution in [-0.4, -0.2) is 33.6 Å². The van der Waals surface area contributed by atoms with Crippen LogP contribution < -0.4 is 14.2 Å². The maximum absolute atomic E-state index is 13.6. The molecule has 1 aromatic heterocycles. The third-order valence-corrected chi connectivity index (χ3v) is 8.62. The third-order valence-electron chi connectivity index (χ3n) is 6.30. The minimum absolute atomic E-state index is 0.0526. The van der Waals surface area contributed by atoms with E-state index < -0.39 is 28.1 Å². The molecule has 9 nitrogen and oxygen atoms in total. The number of anilines is 1. The molecule has 0 radical (unpaired) electrons. The molecular formula is C31H19F3N2O7S2. The topological polar surface area (TPSA) is 132 Å². The Balaban J connectivity index is 1.43. The Kier molecular flexibility index (Phi) is 8.49. The summed E-state index contributed by atoms with van der Waals surface area (Å²) in [5.74, 6) is -3.55. The monoisotopic (exact) mass is 652 g/mol. The van der Waals surface area contributed by atoms with Gasteiger partial charge < -0.3 is 14.2 Å². The quantitative estimate of drug-likeness (QED) is 0.137. The van der Waals surface area contributed by atoms with Gasteiger partial charge in [-0.2, -0.15) is 18.4 Å². The van der Waals surface area contributed by atoms with Crippen molar-refractivity contribution in [3.05, 3.63) is 101 Å². The van der Waals surface area contributed by atoms with Crippen molar-refractivity contribution in [2.75, 3.05) is 11.8 Å². The Morgan fingerprint density at radius 3 is 2.38 bits per heavy atom. The lowest BCUT2D eigenvalue weighted by Gasteiger charge is -2.15. The molecule has 1 heterocycles. The van der Waals surface area contributed by atoms with Crippen LogP contribution in [0.2, 0.25) is 0 Å². The molecule has 0 saturated heterocycles. The van der Waals surface area contributed by atoms with Crippen molar-refractivity contribution in [2.24, 2.45) is 0 Å². The van der Waals surface area contributed by atoms with Crippen LogP contribution in [0, 0.1) is 11.3 Å². The number of carbonyl (C=O) groups excluding carboxylic acids is 2. The lowest BCUT2D eigenvalue weighted by molar-refractivity contribution is -0.193. The van der Waals surface area contributed by atoms with Crippen LogP contribution in [0.15, 0.2) is 95.2 Å². The highest BCUT2D eigenvalue weighted by Gasteiger charge is 2.43. The summed E-state index contributed by atoms with van der Waals surface area (Å²) in [6.45, 7) is 0. The summed E-state index contributed by atoms with van der Waals surface area (Å²) in [6, 6.07) is 23.6. The standard InChI is InChI=1S/C31H19F3N2O7S2/c1-41-23-9-10-27(26(16-23)42-24-8-7-19-13-18(17-35)5-6-20(19)15-24)45(39,40)36-22-4-2-3-21(14-22)25-11-12-44-28(25)29(37)43-30(38)31(32,33)34/h2-16,36H,1H3. The summed E-state index contributed by atoms with van der Waals surface area (Å²) in [7, 11) is -2.90. The first kappa shape index (κ1) is 31.0. The number of fused-ring (bicyclic) bond motifs is 1. The molecule has 5 aromatic rings. The van der Waals surface area contributed by atoms with Gasteiger partial charge in [-0.15, -0.1) is 11.3 Å². The molecule has 45 heavy (non-hydrogen) atoms. The van der Waals surface area contributed by atoms with Gasteiger partial charge in [0.15, 0.2) is 5.75 Å². The number of nitrogens with zero attached hydrogens (tertiary/aromatic N) is 1. The molecule has 0 spiro atoms. The number of halogens is 3. The van der Waals surface area contributed by atoms with Crippen molar-refractivity contribution in [3.8, 4) is 34.4 Å².